The van der Waals surface area contributed by atoms with Gasteiger partial charge in [-0.1, -0.05) is 30.3 Å². The smallest absolute Gasteiger partial charge is 0.239 e. The van der Waals surface area contributed by atoms with Gasteiger partial charge in [0.1, 0.15) is 12.4 Å². The van der Waals surface area contributed by atoms with Crippen LogP contribution in [0, 0.1) is 0 Å². The van der Waals surface area contributed by atoms with E-state index in [1.807, 2.05) is 35.2 Å². The minimum Gasteiger partial charge on any atom is -0.368 e. The molecule has 2 amide bonds. The van der Waals surface area contributed by atoms with Crippen LogP contribution in [0.1, 0.15) is 43.4 Å². The Balaban J connectivity index is 1.72. The highest BCUT2D eigenvalue weighted by atomic mass is 16.2. The number of benzene rings is 1. The van der Waals surface area contributed by atoms with Crippen LogP contribution in [0.2, 0.25) is 0 Å². The molecular formula is C21H27N5O2. The molecule has 1 aromatic heterocycles. The van der Waals surface area contributed by atoms with Crippen molar-refractivity contribution in [2.75, 3.05) is 13.1 Å². The van der Waals surface area contributed by atoms with Gasteiger partial charge in [-0.15, -0.1) is 0 Å². The standard InChI is InChI=1S/C21H27N5O2/c1-16(27)26(14-17-12-23-15-24-13-17)19-8-5-10-25(11-9-19)20(21(22)28)18-6-3-2-4-7-18/h2-4,6-7,12-13,15,19-20H,5,8-11,14H2,1H3,(H2,22,28)/t19-,20+/m1/s1. The predicted molar refractivity (Wildman–Crippen MR) is 106 cm³/mol. The molecule has 1 fully saturated rings. The summed E-state index contributed by atoms with van der Waals surface area (Å²) in [6.07, 6.45) is 7.55. The summed E-state index contributed by atoms with van der Waals surface area (Å²) in [4.78, 5) is 36.6. The lowest BCUT2D eigenvalue weighted by atomic mass is 10.0. The molecule has 0 bridgehead atoms. The fourth-order valence-electron chi connectivity index (χ4n) is 3.97. The molecule has 2 aromatic rings. The third-order valence-corrected chi connectivity index (χ3v) is 5.29. The van der Waals surface area contributed by atoms with Crippen molar-refractivity contribution in [3.05, 3.63) is 60.2 Å². The van der Waals surface area contributed by atoms with Gasteiger partial charge in [-0.2, -0.15) is 0 Å². The molecule has 7 heteroatoms. The number of carbonyl (C=O) groups is 2. The summed E-state index contributed by atoms with van der Waals surface area (Å²) in [5.41, 5.74) is 7.57. The Morgan fingerprint density at radius 3 is 2.54 bits per heavy atom. The van der Waals surface area contributed by atoms with Crippen LogP contribution in [0.15, 0.2) is 49.1 Å². The van der Waals surface area contributed by atoms with Gasteiger partial charge >= 0.3 is 0 Å². The van der Waals surface area contributed by atoms with Gasteiger partial charge in [-0.3, -0.25) is 14.5 Å². The van der Waals surface area contributed by atoms with Crippen molar-refractivity contribution in [3.63, 3.8) is 0 Å². The first-order valence-corrected chi connectivity index (χ1v) is 9.65. The van der Waals surface area contributed by atoms with Crippen molar-refractivity contribution >= 4 is 11.8 Å². The average molecular weight is 381 g/mol. The van der Waals surface area contributed by atoms with Crippen LogP contribution in [0.4, 0.5) is 0 Å². The Labute approximate surface area is 165 Å². The first kappa shape index (κ1) is 19.9. The molecule has 1 aromatic carbocycles. The second-order valence-corrected chi connectivity index (χ2v) is 7.23. The molecule has 1 saturated heterocycles. The third-order valence-electron chi connectivity index (χ3n) is 5.29. The van der Waals surface area contributed by atoms with E-state index in [0.717, 1.165) is 36.9 Å². The Morgan fingerprint density at radius 2 is 1.89 bits per heavy atom. The van der Waals surface area contributed by atoms with E-state index in [0.29, 0.717) is 13.1 Å². The fourth-order valence-corrected chi connectivity index (χ4v) is 3.97. The molecule has 3 rings (SSSR count). The van der Waals surface area contributed by atoms with Crippen molar-refractivity contribution in [1.29, 1.82) is 0 Å². The highest BCUT2D eigenvalue weighted by molar-refractivity contribution is 5.81. The van der Waals surface area contributed by atoms with E-state index in [2.05, 4.69) is 14.9 Å². The molecule has 0 unspecified atom stereocenters. The Bertz CT molecular complexity index is 784. The zero-order valence-electron chi connectivity index (χ0n) is 16.2. The number of likely N-dealkylation sites (tertiary alicyclic amines) is 1. The summed E-state index contributed by atoms with van der Waals surface area (Å²) < 4.78 is 0. The molecule has 148 valence electrons. The largest absolute Gasteiger partial charge is 0.368 e. The van der Waals surface area contributed by atoms with Gasteiger partial charge in [-0.05, 0) is 31.4 Å². The molecule has 2 heterocycles. The molecule has 0 spiro atoms. The van der Waals surface area contributed by atoms with Crippen molar-refractivity contribution < 1.29 is 9.59 Å². The van der Waals surface area contributed by atoms with E-state index in [4.69, 9.17) is 5.73 Å². The lowest BCUT2D eigenvalue weighted by molar-refractivity contribution is -0.132. The lowest BCUT2D eigenvalue weighted by Gasteiger charge is -2.31. The van der Waals surface area contributed by atoms with E-state index < -0.39 is 6.04 Å². The van der Waals surface area contributed by atoms with Crippen LogP contribution in [0.5, 0.6) is 0 Å². The van der Waals surface area contributed by atoms with Gasteiger partial charge < -0.3 is 10.6 Å². The number of rotatable bonds is 6. The van der Waals surface area contributed by atoms with Gasteiger partial charge in [0.25, 0.3) is 0 Å². The Hall–Kier alpha value is -2.80. The minimum absolute atomic E-state index is 0.0387. The highest BCUT2D eigenvalue weighted by Gasteiger charge is 2.30. The molecule has 1 aliphatic heterocycles. The van der Waals surface area contributed by atoms with E-state index >= 15 is 0 Å². The predicted octanol–water partition coefficient (Wildman–Crippen LogP) is 1.91. The number of primary amides is 1. The monoisotopic (exact) mass is 381 g/mol. The first-order chi connectivity index (χ1) is 13.6. The van der Waals surface area contributed by atoms with Crippen molar-refractivity contribution in [3.8, 4) is 0 Å². The molecule has 1 aliphatic rings. The summed E-state index contributed by atoms with van der Waals surface area (Å²) in [5.74, 6) is -0.300. The van der Waals surface area contributed by atoms with Gasteiger partial charge in [0.15, 0.2) is 0 Å². The molecule has 7 nitrogen and oxygen atoms in total. The molecule has 2 N–H and O–H groups in total. The number of nitrogens with two attached hydrogens (primary N) is 1. The normalized spacial score (nSPS) is 18.8. The van der Waals surface area contributed by atoms with Crippen LogP contribution in [-0.2, 0) is 16.1 Å². The topological polar surface area (TPSA) is 92.4 Å². The summed E-state index contributed by atoms with van der Waals surface area (Å²) >= 11 is 0. The van der Waals surface area contributed by atoms with Gasteiger partial charge in [0, 0.05) is 44.0 Å². The molecule has 0 radical (unpaired) electrons. The maximum absolute atomic E-state index is 12.3. The Morgan fingerprint density at radius 1 is 1.18 bits per heavy atom. The van der Waals surface area contributed by atoms with Crippen molar-refractivity contribution in [2.45, 2.75) is 44.8 Å². The Kier molecular flexibility index (Phi) is 6.71. The quantitative estimate of drug-likeness (QED) is 0.825. The average Bonchev–Trinajstić information content (AvgIpc) is 2.93. The maximum Gasteiger partial charge on any atom is 0.239 e. The summed E-state index contributed by atoms with van der Waals surface area (Å²) in [6, 6.07) is 9.33. The van der Waals surface area contributed by atoms with Crippen molar-refractivity contribution in [2.24, 2.45) is 5.73 Å². The zero-order chi connectivity index (χ0) is 19.9. The van der Waals surface area contributed by atoms with E-state index in [1.54, 1.807) is 19.3 Å². The van der Waals surface area contributed by atoms with E-state index in [-0.39, 0.29) is 17.9 Å². The number of carbonyl (C=O) groups excluding carboxylic acids is 2. The van der Waals surface area contributed by atoms with Crippen LogP contribution in [0.25, 0.3) is 0 Å². The minimum atomic E-state index is -0.437. The summed E-state index contributed by atoms with van der Waals surface area (Å²) in [5, 5.41) is 0. The van der Waals surface area contributed by atoms with E-state index in [9.17, 15) is 9.59 Å². The first-order valence-electron chi connectivity index (χ1n) is 9.65. The number of aromatic nitrogens is 2. The van der Waals surface area contributed by atoms with Crippen LogP contribution < -0.4 is 5.73 Å². The van der Waals surface area contributed by atoms with Crippen molar-refractivity contribution in [1.82, 2.24) is 19.8 Å². The zero-order valence-corrected chi connectivity index (χ0v) is 16.2. The number of nitrogens with zero attached hydrogens (tertiary/aromatic N) is 4. The molecule has 0 saturated carbocycles. The second kappa shape index (κ2) is 9.41. The summed E-state index contributed by atoms with van der Waals surface area (Å²) in [7, 11) is 0. The SMILES string of the molecule is CC(=O)N(Cc1cncnc1)[C@@H]1CCCN([C@H](C(N)=O)c2ccccc2)CC1. The molecule has 2 atom stereocenters. The lowest BCUT2D eigenvalue weighted by Crippen LogP contribution is -2.41. The van der Waals surface area contributed by atoms with Crippen LogP contribution in [-0.4, -0.2) is 50.7 Å². The number of amides is 2. The maximum atomic E-state index is 12.3. The number of hydrogen-bond donors (Lipinski definition) is 1. The van der Waals surface area contributed by atoms with Crippen LogP contribution in [0.3, 0.4) is 0 Å². The second-order valence-electron chi connectivity index (χ2n) is 7.23. The highest BCUT2D eigenvalue weighted by Crippen LogP contribution is 2.26. The fraction of sp³-hybridized carbons (Fsp3) is 0.429. The van der Waals surface area contributed by atoms with Crippen LogP contribution >= 0.6 is 0 Å². The van der Waals surface area contributed by atoms with Gasteiger partial charge in [0.2, 0.25) is 11.8 Å². The van der Waals surface area contributed by atoms with Gasteiger partial charge in [-0.25, -0.2) is 9.97 Å². The third kappa shape index (κ3) is 4.92. The molecular weight excluding hydrogens is 354 g/mol. The van der Waals surface area contributed by atoms with Gasteiger partial charge in [0.05, 0.1) is 0 Å². The molecule has 28 heavy (non-hydrogen) atoms. The summed E-state index contributed by atoms with van der Waals surface area (Å²) in [6.45, 7) is 3.59. The van der Waals surface area contributed by atoms with E-state index in [1.165, 1.54) is 6.33 Å². The molecule has 0 aliphatic carbocycles. The number of hydrogen-bond acceptors (Lipinski definition) is 5.